The first-order valence-electron chi connectivity index (χ1n) is 7.04. The number of phenolic OH excluding ortho intramolecular Hbond substituents is 2. The molecule has 1 aromatic carbocycles. The van der Waals surface area contributed by atoms with E-state index in [0.717, 1.165) is 11.5 Å². The van der Waals surface area contributed by atoms with E-state index < -0.39 is 5.75 Å². The van der Waals surface area contributed by atoms with Gasteiger partial charge in [0.2, 0.25) is 0 Å². The number of phenols is 2. The maximum absolute atomic E-state index is 10.3. The van der Waals surface area contributed by atoms with E-state index in [2.05, 4.69) is 35.0 Å². The van der Waals surface area contributed by atoms with E-state index in [0.29, 0.717) is 22.1 Å². The van der Waals surface area contributed by atoms with Gasteiger partial charge in [-0.25, -0.2) is 0 Å². The van der Waals surface area contributed by atoms with Crippen LogP contribution < -0.4 is 0 Å². The number of benzene rings is 1. The molecule has 0 unspecified atom stereocenters. The molecule has 130 valence electrons. The quantitative estimate of drug-likeness (QED) is 0.647. The maximum Gasteiger partial charge on any atom is 0.366 e. The van der Waals surface area contributed by atoms with E-state index in [-0.39, 0.29) is 23.1 Å². The number of aromatic hydroxyl groups is 2. The number of hydrogen-bond donors (Lipinski definition) is 2. The van der Waals surface area contributed by atoms with Gasteiger partial charge in [-0.05, 0) is 37.5 Å². The summed E-state index contributed by atoms with van der Waals surface area (Å²) in [5.74, 6) is -0.413. The molecule has 0 bridgehead atoms. The van der Waals surface area contributed by atoms with Crippen LogP contribution in [-0.4, -0.2) is 24.7 Å². The van der Waals surface area contributed by atoms with Crippen LogP contribution >= 0.6 is 11.5 Å². The summed E-state index contributed by atoms with van der Waals surface area (Å²) < 4.78 is 8.79. The summed E-state index contributed by atoms with van der Waals surface area (Å²) in [6, 6.07) is 4.46. The van der Waals surface area contributed by atoms with Crippen molar-refractivity contribution < 1.29 is 14.7 Å². The minimum absolute atomic E-state index is 0.0217. The standard InChI is InChI=1S/C14H10N8O3S/c1-6-8(5-15)13(26-22-6)19-17-9-3-4-10(23)11(12(9)24)18-20-14-16-7(2)21-25-14/h3-4,23-24H,1-2H3/b19-17+,20-18+. The molecule has 0 saturated carbocycles. The number of aryl methyl sites for hydroxylation is 2. The monoisotopic (exact) mass is 370 g/mol. The van der Waals surface area contributed by atoms with Gasteiger partial charge in [-0.15, -0.1) is 15.3 Å². The molecule has 0 aliphatic rings. The topological polar surface area (TPSA) is 166 Å². The second-order valence-electron chi connectivity index (χ2n) is 4.89. The van der Waals surface area contributed by atoms with Crippen LogP contribution in [0.25, 0.3) is 0 Å². The van der Waals surface area contributed by atoms with Crippen molar-refractivity contribution in [3.05, 3.63) is 29.2 Å². The summed E-state index contributed by atoms with van der Waals surface area (Å²) in [4.78, 5) is 3.83. The molecule has 3 aromatic rings. The zero-order valence-corrected chi connectivity index (χ0v) is 14.3. The van der Waals surface area contributed by atoms with Gasteiger partial charge < -0.3 is 14.7 Å². The second kappa shape index (κ2) is 7.03. The van der Waals surface area contributed by atoms with Gasteiger partial charge in [0, 0.05) is 0 Å². The largest absolute Gasteiger partial charge is 0.505 e. The fraction of sp³-hybridized carbons (Fsp3) is 0.143. The lowest BCUT2D eigenvalue weighted by atomic mass is 10.2. The number of hydrogen-bond acceptors (Lipinski definition) is 12. The molecule has 0 spiro atoms. The third-order valence-electron chi connectivity index (χ3n) is 3.07. The SMILES string of the molecule is Cc1noc(/N=N/c2c(O)ccc(/N=N/c3snc(C)c3C#N)c2O)n1. The van der Waals surface area contributed by atoms with Crippen molar-refractivity contribution in [2.45, 2.75) is 13.8 Å². The minimum Gasteiger partial charge on any atom is -0.505 e. The lowest BCUT2D eigenvalue weighted by Crippen LogP contribution is -1.75. The number of azo groups is 2. The molecule has 0 atom stereocenters. The molecule has 2 aromatic heterocycles. The Morgan fingerprint density at radius 1 is 1.15 bits per heavy atom. The van der Waals surface area contributed by atoms with Gasteiger partial charge in [-0.1, -0.05) is 10.3 Å². The fourth-order valence-corrected chi connectivity index (χ4v) is 2.49. The third-order valence-corrected chi connectivity index (χ3v) is 3.89. The summed E-state index contributed by atoms with van der Waals surface area (Å²) in [6.07, 6.45) is 0. The highest BCUT2D eigenvalue weighted by molar-refractivity contribution is 7.10. The molecule has 0 saturated heterocycles. The Morgan fingerprint density at radius 2 is 1.96 bits per heavy atom. The molecule has 2 heterocycles. The zero-order valence-electron chi connectivity index (χ0n) is 13.4. The van der Waals surface area contributed by atoms with E-state index in [1.165, 1.54) is 12.1 Å². The van der Waals surface area contributed by atoms with Crippen LogP contribution in [0.2, 0.25) is 0 Å². The normalized spacial score (nSPS) is 11.4. The Kier molecular flexibility index (Phi) is 4.63. The smallest absolute Gasteiger partial charge is 0.366 e. The van der Waals surface area contributed by atoms with Crippen LogP contribution in [0.5, 0.6) is 11.5 Å². The molecule has 0 aliphatic heterocycles. The molecular formula is C14H10N8O3S. The van der Waals surface area contributed by atoms with Crippen LogP contribution in [0.15, 0.2) is 37.1 Å². The Hall–Kier alpha value is -3.72. The highest BCUT2D eigenvalue weighted by atomic mass is 32.1. The summed E-state index contributed by atoms with van der Waals surface area (Å²) >= 11 is 1.01. The van der Waals surface area contributed by atoms with Crippen LogP contribution in [0.1, 0.15) is 17.1 Å². The third kappa shape index (κ3) is 3.37. The molecule has 3 rings (SSSR count). The summed E-state index contributed by atoms with van der Waals surface area (Å²) in [5, 5.41) is 48.2. The van der Waals surface area contributed by atoms with E-state index in [9.17, 15) is 10.2 Å². The van der Waals surface area contributed by atoms with Crippen molar-refractivity contribution in [1.82, 2.24) is 14.5 Å². The molecule has 12 heteroatoms. The van der Waals surface area contributed by atoms with Crippen molar-refractivity contribution in [2.75, 3.05) is 0 Å². The lowest BCUT2D eigenvalue weighted by molar-refractivity contribution is 0.420. The van der Waals surface area contributed by atoms with E-state index in [1.807, 2.05) is 6.07 Å². The molecule has 0 amide bonds. The predicted molar refractivity (Wildman–Crippen MR) is 88.7 cm³/mol. The van der Waals surface area contributed by atoms with Crippen LogP contribution in [-0.2, 0) is 0 Å². The Balaban J connectivity index is 1.93. The summed E-state index contributed by atoms with van der Waals surface area (Å²) in [6.45, 7) is 3.29. The molecule has 11 nitrogen and oxygen atoms in total. The molecule has 0 aliphatic carbocycles. The van der Waals surface area contributed by atoms with Crippen molar-refractivity contribution in [2.24, 2.45) is 20.5 Å². The van der Waals surface area contributed by atoms with Crippen LogP contribution in [0.3, 0.4) is 0 Å². The van der Waals surface area contributed by atoms with Gasteiger partial charge in [0.15, 0.2) is 22.3 Å². The van der Waals surface area contributed by atoms with Gasteiger partial charge in [0.1, 0.15) is 23.1 Å². The Bertz CT molecular complexity index is 1060. The lowest BCUT2D eigenvalue weighted by Gasteiger charge is -2.02. The number of rotatable bonds is 4. The van der Waals surface area contributed by atoms with Gasteiger partial charge in [-0.3, -0.25) is 0 Å². The first-order valence-corrected chi connectivity index (χ1v) is 7.82. The van der Waals surface area contributed by atoms with Gasteiger partial charge in [-0.2, -0.15) is 14.6 Å². The predicted octanol–water partition coefficient (Wildman–Crippen LogP) is 4.26. The highest BCUT2D eigenvalue weighted by Gasteiger charge is 2.14. The summed E-state index contributed by atoms with van der Waals surface area (Å²) in [7, 11) is 0. The zero-order chi connectivity index (χ0) is 18.7. The van der Waals surface area contributed by atoms with Crippen molar-refractivity contribution in [3.63, 3.8) is 0 Å². The second-order valence-corrected chi connectivity index (χ2v) is 5.64. The highest BCUT2D eigenvalue weighted by Crippen LogP contribution is 2.44. The van der Waals surface area contributed by atoms with E-state index >= 15 is 0 Å². The van der Waals surface area contributed by atoms with Crippen LogP contribution in [0.4, 0.5) is 22.4 Å². The fourth-order valence-electron chi connectivity index (χ4n) is 1.81. The molecular weight excluding hydrogens is 360 g/mol. The van der Waals surface area contributed by atoms with E-state index in [1.54, 1.807) is 13.8 Å². The molecule has 0 fully saturated rings. The average molecular weight is 370 g/mol. The van der Waals surface area contributed by atoms with Crippen molar-refractivity contribution in [3.8, 4) is 17.6 Å². The van der Waals surface area contributed by atoms with Crippen molar-refractivity contribution in [1.29, 1.82) is 5.26 Å². The average Bonchev–Trinajstić information content (AvgIpc) is 3.19. The molecule has 0 radical (unpaired) electrons. The number of aromatic nitrogens is 3. The Labute approximate surface area is 150 Å². The molecule has 2 N–H and O–H groups in total. The van der Waals surface area contributed by atoms with Gasteiger partial charge >= 0.3 is 6.01 Å². The van der Waals surface area contributed by atoms with E-state index in [4.69, 9.17) is 9.78 Å². The van der Waals surface area contributed by atoms with Crippen LogP contribution in [0, 0.1) is 25.2 Å². The molecule has 26 heavy (non-hydrogen) atoms. The summed E-state index contributed by atoms with van der Waals surface area (Å²) in [5.41, 5.74) is 0.640. The number of nitriles is 1. The number of nitrogens with zero attached hydrogens (tertiary/aromatic N) is 8. The van der Waals surface area contributed by atoms with Gasteiger partial charge in [0.25, 0.3) is 0 Å². The first kappa shape index (κ1) is 17.1. The Morgan fingerprint density at radius 3 is 2.65 bits per heavy atom. The minimum atomic E-state index is -0.450. The maximum atomic E-state index is 10.3. The first-order chi connectivity index (χ1) is 12.5. The van der Waals surface area contributed by atoms with Crippen molar-refractivity contribution >= 4 is 33.9 Å². The van der Waals surface area contributed by atoms with Gasteiger partial charge in [0.05, 0.1) is 5.69 Å².